The predicted molar refractivity (Wildman–Crippen MR) is 58.4 cm³/mol. The topological polar surface area (TPSA) is 29.1 Å². The second-order valence-corrected chi connectivity index (χ2v) is 4.24. The van der Waals surface area contributed by atoms with E-state index in [9.17, 15) is 4.21 Å². The third kappa shape index (κ3) is 4.29. The Labute approximate surface area is 85.9 Å². The number of para-hydroxylation sites is 1. The highest BCUT2D eigenvalue weighted by atomic mass is 35.5. The molecule has 0 bridgehead atoms. The Bertz CT molecular complexity index is 266. The van der Waals surface area contributed by atoms with Crippen molar-refractivity contribution in [3.05, 3.63) is 30.3 Å². The molecule has 0 aromatic heterocycles. The lowest BCUT2D eigenvalue weighted by Gasteiger charge is -2.03. The van der Waals surface area contributed by atoms with Crippen molar-refractivity contribution in [2.45, 2.75) is 6.42 Å². The van der Waals surface area contributed by atoms with Crippen LogP contribution in [0, 0.1) is 0 Å². The summed E-state index contributed by atoms with van der Waals surface area (Å²) in [7, 11) is -1.01. The Kier molecular flexibility index (Phi) is 4.86. The number of rotatable bonds is 5. The molecular weight excluding hydrogens is 206 g/mol. The van der Waals surface area contributed by atoms with Gasteiger partial charge in [-0.3, -0.25) is 0 Å². The van der Waals surface area contributed by atoms with Crippen LogP contribution in [0.5, 0.6) is 0 Å². The average Bonchev–Trinajstić information content (AvgIpc) is 2.16. The zero-order chi connectivity index (χ0) is 9.52. The molecule has 0 saturated carbocycles. The number of alkyl halides is 1. The van der Waals surface area contributed by atoms with Gasteiger partial charge >= 0.3 is 0 Å². The van der Waals surface area contributed by atoms with Crippen LogP contribution in [-0.4, -0.2) is 15.8 Å². The second-order valence-electron chi connectivity index (χ2n) is 2.56. The van der Waals surface area contributed by atoms with E-state index in [4.69, 9.17) is 11.6 Å². The van der Waals surface area contributed by atoms with Gasteiger partial charge in [0.1, 0.15) is 11.0 Å². The van der Waals surface area contributed by atoms with Gasteiger partial charge in [0.05, 0.1) is 0 Å². The van der Waals surface area contributed by atoms with Crippen LogP contribution in [0.25, 0.3) is 0 Å². The Morgan fingerprint density at radius 2 is 2.00 bits per heavy atom. The van der Waals surface area contributed by atoms with Gasteiger partial charge in [-0.05, 0) is 18.6 Å². The molecule has 0 saturated heterocycles. The molecule has 0 radical (unpaired) electrons. The molecular formula is C9H12ClNOS. The van der Waals surface area contributed by atoms with Crippen molar-refractivity contribution in [2.75, 3.05) is 16.4 Å². The number of hydrogen-bond donors (Lipinski definition) is 1. The van der Waals surface area contributed by atoms with Crippen molar-refractivity contribution < 1.29 is 4.21 Å². The van der Waals surface area contributed by atoms with Gasteiger partial charge in [-0.15, -0.1) is 11.6 Å². The van der Waals surface area contributed by atoms with E-state index in [0.717, 1.165) is 12.1 Å². The lowest BCUT2D eigenvalue weighted by molar-refractivity contribution is 0.685. The molecule has 1 aromatic rings. The molecule has 0 spiro atoms. The van der Waals surface area contributed by atoms with Gasteiger partial charge in [0, 0.05) is 17.3 Å². The summed E-state index contributed by atoms with van der Waals surface area (Å²) >= 11 is 5.49. The summed E-state index contributed by atoms with van der Waals surface area (Å²) < 4.78 is 14.2. The minimum Gasteiger partial charge on any atom is -0.305 e. The van der Waals surface area contributed by atoms with E-state index in [0.29, 0.717) is 11.6 Å². The van der Waals surface area contributed by atoms with E-state index in [2.05, 4.69) is 4.72 Å². The minimum absolute atomic E-state index is 0.558. The van der Waals surface area contributed by atoms with Crippen LogP contribution >= 0.6 is 11.6 Å². The maximum Gasteiger partial charge on any atom is 0.117 e. The van der Waals surface area contributed by atoms with Crippen molar-refractivity contribution >= 4 is 28.3 Å². The summed E-state index contributed by atoms with van der Waals surface area (Å²) in [6.45, 7) is 0. The maximum atomic E-state index is 11.3. The Hall–Kier alpha value is -0.540. The van der Waals surface area contributed by atoms with E-state index in [1.54, 1.807) is 0 Å². The highest BCUT2D eigenvalue weighted by Crippen LogP contribution is 2.06. The monoisotopic (exact) mass is 217 g/mol. The number of anilines is 1. The minimum atomic E-state index is -1.01. The molecule has 1 unspecified atom stereocenters. The predicted octanol–water partition coefficient (Wildman–Crippen LogP) is 2.39. The fourth-order valence-corrected chi connectivity index (χ4v) is 2.07. The molecule has 0 fully saturated rings. The quantitative estimate of drug-likeness (QED) is 0.754. The zero-order valence-corrected chi connectivity index (χ0v) is 8.77. The van der Waals surface area contributed by atoms with E-state index in [-0.39, 0.29) is 0 Å². The van der Waals surface area contributed by atoms with Crippen LogP contribution in [-0.2, 0) is 11.0 Å². The molecule has 0 aliphatic heterocycles. The summed E-state index contributed by atoms with van der Waals surface area (Å²) in [6, 6.07) is 9.51. The Balaban J connectivity index is 2.37. The van der Waals surface area contributed by atoms with Gasteiger partial charge in [0.25, 0.3) is 0 Å². The molecule has 0 aliphatic rings. The molecule has 4 heteroatoms. The summed E-state index contributed by atoms with van der Waals surface area (Å²) in [5.41, 5.74) is 0.885. The van der Waals surface area contributed by atoms with Gasteiger partial charge in [0.15, 0.2) is 0 Å². The van der Waals surface area contributed by atoms with Crippen LogP contribution in [0.3, 0.4) is 0 Å². The first kappa shape index (κ1) is 10.5. The van der Waals surface area contributed by atoms with Crippen molar-refractivity contribution in [2.24, 2.45) is 0 Å². The smallest absolute Gasteiger partial charge is 0.117 e. The molecule has 13 heavy (non-hydrogen) atoms. The van der Waals surface area contributed by atoms with Crippen LogP contribution in [0.1, 0.15) is 6.42 Å². The third-order valence-corrected chi connectivity index (χ3v) is 2.86. The molecule has 2 nitrogen and oxygen atoms in total. The largest absolute Gasteiger partial charge is 0.305 e. The van der Waals surface area contributed by atoms with E-state index in [1.807, 2.05) is 30.3 Å². The highest BCUT2D eigenvalue weighted by molar-refractivity contribution is 7.86. The SMILES string of the molecule is O=S(CCCCl)Nc1ccccc1. The van der Waals surface area contributed by atoms with Crippen LogP contribution in [0.2, 0.25) is 0 Å². The van der Waals surface area contributed by atoms with Crippen LogP contribution in [0.15, 0.2) is 30.3 Å². The van der Waals surface area contributed by atoms with Gasteiger partial charge in [0.2, 0.25) is 0 Å². The summed E-state index contributed by atoms with van der Waals surface area (Å²) in [5, 5.41) is 0. The van der Waals surface area contributed by atoms with Crippen LogP contribution in [0.4, 0.5) is 5.69 Å². The summed E-state index contributed by atoms with van der Waals surface area (Å²) in [4.78, 5) is 0. The lowest BCUT2D eigenvalue weighted by atomic mass is 10.3. The number of nitrogens with one attached hydrogen (secondary N) is 1. The first-order valence-electron chi connectivity index (χ1n) is 4.09. The van der Waals surface area contributed by atoms with Crippen LogP contribution < -0.4 is 4.72 Å². The van der Waals surface area contributed by atoms with Crippen molar-refractivity contribution in [1.29, 1.82) is 0 Å². The highest BCUT2D eigenvalue weighted by Gasteiger charge is 1.97. The molecule has 0 amide bonds. The first-order chi connectivity index (χ1) is 6.33. The molecule has 1 atom stereocenters. The maximum absolute atomic E-state index is 11.3. The summed E-state index contributed by atoms with van der Waals surface area (Å²) in [6.07, 6.45) is 0.772. The van der Waals surface area contributed by atoms with Crippen molar-refractivity contribution in [3.8, 4) is 0 Å². The van der Waals surface area contributed by atoms with Crippen molar-refractivity contribution in [1.82, 2.24) is 0 Å². The summed E-state index contributed by atoms with van der Waals surface area (Å²) in [5.74, 6) is 1.15. The molecule has 1 aromatic carbocycles. The van der Waals surface area contributed by atoms with Gasteiger partial charge < -0.3 is 4.72 Å². The fraction of sp³-hybridized carbons (Fsp3) is 0.333. The zero-order valence-electron chi connectivity index (χ0n) is 7.20. The standard InChI is InChI=1S/C9H12ClNOS/c10-7-4-8-13(12)11-9-5-2-1-3-6-9/h1-3,5-6,11H,4,7-8H2. The number of benzene rings is 1. The van der Waals surface area contributed by atoms with Gasteiger partial charge in [-0.25, -0.2) is 4.21 Å². The normalized spacial score (nSPS) is 12.4. The van der Waals surface area contributed by atoms with Crippen molar-refractivity contribution in [3.63, 3.8) is 0 Å². The molecule has 72 valence electrons. The van der Waals surface area contributed by atoms with E-state index in [1.165, 1.54) is 0 Å². The number of hydrogen-bond acceptors (Lipinski definition) is 1. The molecule has 0 heterocycles. The number of halogens is 1. The fourth-order valence-electron chi connectivity index (χ4n) is 0.874. The van der Waals surface area contributed by atoms with Gasteiger partial charge in [-0.2, -0.15) is 0 Å². The first-order valence-corrected chi connectivity index (χ1v) is 5.94. The molecule has 1 N–H and O–H groups in total. The van der Waals surface area contributed by atoms with Gasteiger partial charge in [-0.1, -0.05) is 18.2 Å². The third-order valence-electron chi connectivity index (χ3n) is 1.47. The van der Waals surface area contributed by atoms with E-state index >= 15 is 0 Å². The average molecular weight is 218 g/mol. The molecule has 1 rings (SSSR count). The second kappa shape index (κ2) is 6.00. The Morgan fingerprint density at radius 1 is 1.31 bits per heavy atom. The van der Waals surface area contributed by atoms with E-state index < -0.39 is 11.0 Å². The lowest BCUT2D eigenvalue weighted by Crippen LogP contribution is -2.08. The molecule has 0 aliphatic carbocycles. The Morgan fingerprint density at radius 3 is 2.62 bits per heavy atom.